The summed E-state index contributed by atoms with van der Waals surface area (Å²) in [5.74, 6) is 10.6. The summed E-state index contributed by atoms with van der Waals surface area (Å²) in [6.45, 7) is 15.2. The number of benzene rings is 9. The number of hydrogen-bond donors (Lipinski definition) is 1. The van der Waals surface area contributed by atoms with E-state index in [0.29, 0.717) is 78.3 Å². The molecule has 12 heterocycles. The van der Waals surface area contributed by atoms with Crippen LogP contribution in [-0.4, -0.2) is 254 Å². The summed E-state index contributed by atoms with van der Waals surface area (Å²) in [6.07, 6.45) is 29.8. The molecule has 20 unspecified atom stereocenters. The number of methoxy groups -OCH3 is 3. The van der Waals surface area contributed by atoms with Crippen LogP contribution in [0.4, 0.5) is 0 Å². The third-order valence-corrected chi connectivity index (χ3v) is 43.1. The zero-order valence-corrected chi connectivity index (χ0v) is 90.8. The van der Waals surface area contributed by atoms with E-state index >= 15 is 0 Å². The van der Waals surface area contributed by atoms with Crippen molar-refractivity contribution in [3.8, 4) is 34.5 Å². The third kappa shape index (κ3) is 14.6. The average molecular weight is 2180 g/mol. The molecule has 772 valence electrons. The molecule has 2 amide bonds. The maximum Gasteiger partial charge on any atom is 0.369 e. The quantitative estimate of drug-likeness (QED) is 0.0763. The molecule has 0 spiro atoms. The lowest BCUT2D eigenvalue weighted by atomic mass is 9.46. The molecule has 9 aromatic rings. The van der Waals surface area contributed by atoms with Crippen LogP contribution in [0.1, 0.15) is 205 Å². The van der Waals surface area contributed by atoms with Gasteiger partial charge in [0, 0.05) is 176 Å². The fourth-order valence-electron chi connectivity index (χ4n) is 37.4. The highest BCUT2D eigenvalue weighted by Gasteiger charge is 2.84. The number of rotatable bonds is 19. The van der Waals surface area contributed by atoms with Gasteiger partial charge in [-0.25, -0.2) is 0 Å². The van der Waals surface area contributed by atoms with Crippen molar-refractivity contribution in [3.63, 3.8) is 0 Å². The minimum absolute atomic E-state index is 0.00975. The van der Waals surface area contributed by atoms with E-state index in [4.69, 9.17) is 37.9 Å². The van der Waals surface area contributed by atoms with Gasteiger partial charge >= 0.3 is 3.18 Å². The fourth-order valence-corrected chi connectivity index (χ4v) is 37.4. The van der Waals surface area contributed by atoms with Crippen molar-refractivity contribution in [2.24, 2.45) is 47.3 Å². The van der Waals surface area contributed by atoms with Gasteiger partial charge in [0.25, 0.3) is 11.8 Å². The van der Waals surface area contributed by atoms with Crippen molar-refractivity contribution in [3.05, 3.63) is 285 Å². The van der Waals surface area contributed by atoms with Gasteiger partial charge in [0.1, 0.15) is 23.0 Å². The van der Waals surface area contributed by atoms with E-state index < -0.39 is 0 Å². The monoisotopic (exact) mass is 2180 g/mol. The second kappa shape index (κ2) is 36.6. The van der Waals surface area contributed by atoms with Crippen LogP contribution in [0, 0.1) is 47.3 Å². The number of piperidine rings is 4. The first-order valence-electron chi connectivity index (χ1n) is 56.9. The van der Waals surface area contributed by atoms with E-state index in [0.717, 1.165) is 193 Å². The average Bonchev–Trinajstić information content (AvgIpc) is 1.50. The molecule has 9 aromatic carbocycles. The highest BCUT2D eigenvalue weighted by molar-refractivity contribution is 9.69. The summed E-state index contributed by atoms with van der Waals surface area (Å²) in [7, 11) is 5.37. The third-order valence-electron chi connectivity index (χ3n) is 43.1. The van der Waals surface area contributed by atoms with Crippen molar-refractivity contribution in [1.82, 2.24) is 39.2 Å². The zero-order chi connectivity index (χ0) is 99.3. The van der Waals surface area contributed by atoms with E-state index in [1.807, 2.05) is 86.0 Å². The Hall–Kier alpha value is -7.98. The number of phenols is 1. The van der Waals surface area contributed by atoms with E-state index in [1.165, 1.54) is 154 Å². The maximum absolute atomic E-state index is 13.7. The van der Waals surface area contributed by atoms with Gasteiger partial charge in [-0.1, -0.05) is 140 Å². The molecule has 23 heteroatoms. The summed E-state index contributed by atoms with van der Waals surface area (Å²) in [6, 6.07) is 79.7. The maximum atomic E-state index is 13.7. The number of aromatic hydroxyl groups is 1. The largest absolute Gasteiger partial charge is 0.508 e. The predicted octanol–water partition coefficient (Wildman–Crippen LogP) is 20.5. The molecular weight excluding hydrogens is 2040 g/mol. The lowest BCUT2D eigenvalue weighted by Gasteiger charge is -2.65. The van der Waals surface area contributed by atoms with Crippen LogP contribution in [0.5, 0.6) is 34.5 Å². The summed E-state index contributed by atoms with van der Waals surface area (Å²) in [4.78, 5) is 48.4. The molecule has 148 heavy (non-hydrogen) atoms. The van der Waals surface area contributed by atoms with Crippen molar-refractivity contribution < 1.29 is 52.6 Å². The summed E-state index contributed by atoms with van der Waals surface area (Å²) in [5.41, 5.74) is 15.5. The number of phenolic OH excluding ortho intramolecular Hbond substituents is 1. The van der Waals surface area contributed by atoms with Crippen LogP contribution in [0.2, 0.25) is 0 Å². The Bertz CT molecular complexity index is 6570. The lowest BCUT2D eigenvalue weighted by Crippen LogP contribution is -2.74. The number of nitrogens with zero attached hydrogens (tertiary/aromatic N) is 8. The number of hydrogen-bond acceptors (Lipinski definition) is 17. The van der Waals surface area contributed by atoms with Gasteiger partial charge < -0.3 is 52.8 Å². The molecular formula is C125H142BBr3N8O11. The summed E-state index contributed by atoms with van der Waals surface area (Å²) < 4.78 is 54.3. The van der Waals surface area contributed by atoms with Crippen LogP contribution < -0.4 is 18.9 Å². The molecule has 1 N–H and O–H groups in total. The van der Waals surface area contributed by atoms with Gasteiger partial charge in [0.15, 0.2) is 11.5 Å². The van der Waals surface area contributed by atoms with Crippen LogP contribution in [0.25, 0.3) is 0 Å². The van der Waals surface area contributed by atoms with Crippen LogP contribution in [0.3, 0.4) is 0 Å². The molecule has 33 rings (SSSR count). The Balaban J connectivity index is 0.0000000921. The number of ether oxygens (including phenoxy) is 8. The van der Waals surface area contributed by atoms with Crippen molar-refractivity contribution in [2.75, 3.05) is 99.9 Å². The highest BCUT2D eigenvalue weighted by atomic mass is 79.9. The molecule has 24 aliphatic rings. The Morgan fingerprint density at radius 1 is 0.351 bits per heavy atom. The summed E-state index contributed by atoms with van der Waals surface area (Å²) >= 11 is 9.31. The van der Waals surface area contributed by atoms with Crippen molar-refractivity contribution in [2.45, 2.75) is 284 Å². The molecule has 12 saturated heterocycles. The normalized spacial score (nSPS) is 37.4. The molecule has 16 bridgehead atoms. The number of fused-ring (bicyclic) bond motifs is 4. The SMILES string of the molecule is BrB(Br)Br.COc1ccc2c(c1)C13CCN(CC4CC4)C(C2)C12CCC1C3[C@@H](CN1C(=O)c1ccccc1)O2.COc1ccc2c(c1)C13CCN(CC4CC4)C(C2)C12CCC1C3[C@@H](CN1Cc1ccccc1)O2.COc1ccc2c(c1Oc1ccccc1)C13CCN(CC4CC4)C(C2)C12CCC1C3[C@@H](CN1Cc1ccccc1)O2.O=C(c1ccccc1)N1C[C@H]2OC34CCC1C2C31CCN(CC2CC2)C4Cc2ccc(O)cc21. The predicted molar refractivity (Wildman–Crippen MR) is 584 cm³/mol. The van der Waals surface area contributed by atoms with E-state index in [2.05, 4.69) is 226 Å². The Labute approximate surface area is 898 Å². The van der Waals surface area contributed by atoms with Gasteiger partial charge in [0.2, 0.25) is 0 Å². The number of carbonyl (C=O) groups excluding carboxylic acids is 2. The second-order valence-electron chi connectivity index (χ2n) is 49.4. The first-order chi connectivity index (χ1) is 72.4. The fraction of sp³-hybridized carbons (Fsp3) is 0.552. The molecule has 12 aliphatic carbocycles. The molecule has 20 fully saturated rings. The van der Waals surface area contributed by atoms with Gasteiger partial charge in [-0.05, 0) is 333 Å². The van der Waals surface area contributed by atoms with Gasteiger partial charge in [-0.15, -0.1) is 47.3 Å². The van der Waals surface area contributed by atoms with Crippen LogP contribution >= 0.6 is 47.3 Å². The zero-order valence-electron chi connectivity index (χ0n) is 86.0. The van der Waals surface area contributed by atoms with Gasteiger partial charge in [0.05, 0.1) is 68.1 Å². The van der Waals surface area contributed by atoms with Crippen LogP contribution in [0.15, 0.2) is 218 Å². The topological polar surface area (TPSA) is 154 Å². The smallest absolute Gasteiger partial charge is 0.369 e. The second-order valence-corrected chi connectivity index (χ2v) is 55.8. The van der Waals surface area contributed by atoms with Gasteiger partial charge in [-0.2, -0.15) is 0 Å². The van der Waals surface area contributed by atoms with Gasteiger partial charge in [-0.3, -0.25) is 39.0 Å². The first kappa shape index (κ1) is 95.9. The first-order valence-corrected chi connectivity index (χ1v) is 59.6. The Kier molecular flexibility index (Phi) is 23.7. The van der Waals surface area contributed by atoms with E-state index in [1.54, 1.807) is 25.3 Å². The molecule has 0 radical (unpaired) electrons. The number of para-hydroxylation sites is 1. The van der Waals surface area contributed by atoms with Crippen molar-refractivity contribution >= 4 is 62.3 Å². The number of likely N-dealkylation sites (tertiary alicyclic amines) is 8. The van der Waals surface area contributed by atoms with Crippen molar-refractivity contribution in [1.29, 1.82) is 0 Å². The summed E-state index contributed by atoms with van der Waals surface area (Å²) in [5, 5.41) is 10.6. The van der Waals surface area contributed by atoms with E-state index in [-0.39, 0.29) is 89.5 Å². The molecule has 24 atom stereocenters. The number of halogens is 3. The molecule has 0 aromatic heterocycles. The number of carbonyl (C=O) groups is 2. The minimum Gasteiger partial charge on any atom is -0.508 e. The molecule has 19 nitrogen and oxygen atoms in total. The molecule has 8 saturated carbocycles. The number of amides is 2. The van der Waals surface area contributed by atoms with Crippen LogP contribution in [-0.2, 0) is 79.4 Å². The molecule has 12 aliphatic heterocycles. The highest BCUT2D eigenvalue weighted by Crippen LogP contribution is 2.77. The van der Waals surface area contributed by atoms with E-state index in [9.17, 15) is 14.7 Å². The lowest BCUT2D eigenvalue weighted by molar-refractivity contribution is -0.174. The minimum atomic E-state index is -0.186. The Morgan fingerprint density at radius 3 is 1.07 bits per heavy atom. The Morgan fingerprint density at radius 2 is 0.682 bits per heavy atom. The standard InChI is InChI=1S/C36H40N2O3.C30H34N2O3.C30H36N2O2.C29H32N2O3.BBr3/c1-39-29-15-14-26-20-31-36-17-16-28-33(30(41-36)23-38(28)22-24-8-4-2-5-9-24)35(36,18-19-37(31)21-25-12-13-25)32(26)34(29)40-27-10-6-3-7-11-27;1-34-22-10-9-21-15-26-30-12-11-24-27(25(35-30)18-32(24)28(33)20-5-3-2-4-6-20)29(30,23(21)16-22)13-14-31(26)17-19-7-8-19;1-33-23-10-9-22-15-27-30-12-11-25-28(26(34-30)19-32(25)18-20-5-3-2-4-6-20)29(30,24(22)16-23)13-14-31(27)17-21-7-8-21;32-21-9-8-20-14-25-29-11-10-23-26(24(34-29)17-31(23)27(33)19-4-2-1-3-5-19)28(29,22(20)15-21)12-13-30(25)16-18-6-7-18;2-1(3)4/h2-11,14-15,25,28,30-31,33H,12-13,16-23H2,1H3;2-6,9-10,16,19,24-27H,7-8,11-15,17-18H2,1H3;2-6,9-10,16,21,25-28H,7-8,11-15,17-19H2,1H3;1-5,8-9,15,18,23-26,32H,6-7,10-14,16-17H2;/t28?,30-,31?,33?,35?,36?;24?,25-,26?,27?,29?,30?;25?,26-,27?,28?,29?,30?;23?,24-,25?,26?,28?,29?;/m1111./s1.